The minimum absolute atomic E-state index is 0.0806. The highest BCUT2D eigenvalue weighted by atomic mass is 16.5. The van der Waals surface area contributed by atoms with Gasteiger partial charge in [0.25, 0.3) is 0 Å². The second-order valence-electron chi connectivity index (χ2n) is 4.19. The summed E-state index contributed by atoms with van der Waals surface area (Å²) in [5.41, 5.74) is 1.19. The lowest BCUT2D eigenvalue weighted by Crippen LogP contribution is -2.37. The van der Waals surface area contributed by atoms with Gasteiger partial charge in [-0.15, -0.1) is 0 Å². The van der Waals surface area contributed by atoms with Gasteiger partial charge in [0.05, 0.1) is 13.2 Å². The van der Waals surface area contributed by atoms with E-state index in [1.807, 2.05) is 31.2 Å². The number of hydrogen-bond donors (Lipinski definition) is 2. The Balaban J connectivity index is 2.62. The van der Waals surface area contributed by atoms with Crippen molar-refractivity contribution in [3.63, 3.8) is 0 Å². The van der Waals surface area contributed by atoms with Crippen LogP contribution in [0.25, 0.3) is 0 Å². The fraction of sp³-hybridized carbons (Fsp3) is 0.538. The molecule has 0 amide bonds. The van der Waals surface area contributed by atoms with Crippen molar-refractivity contribution in [3.8, 4) is 5.75 Å². The van der Waals surface area contributed by atoms with Gasteiger partial charge in [-0.3, -0.25) is 0 Å². The molecule has 0 fully saturated rings. The summed E-state index contributed by atoms with van der Waals surface area (Å²) in [7, 11) is 1.66. The first-order chi connectivity index (χ1) is 7.54. The third-order valence-corrected chi connectivity index (χ3v) is 2.85. The number of benzene rings is 1. The van der Waals surface area contributed by atoms with Crippen LogP contribution in [0.2, 0.25) is 0 Å². The zero-order valence-electron chi connectivity index (χ0n) is 10.4. The van der Waals surface area contributed by atoms with Crippen LogP contribution >= 0.6 is 0 Å². The van der Waals surface area contributed by atoms with Gasteiger partial charge < -0.3 is 15.2 Å². The second-order valence-corrected chi connectivity index (χ2v) is 4.19. The topological polar surface area (TPSA) is 41.5 Å². The molecule has 1 aromatic carbocycles. The van der Waals surface area contributed by atoms with Crippen LogP contribution in [0.15, 0.2) is 24.3 Å². The highest BCUT2D eigenvalue weighted by molar-refractivity contribution is 5.28. The molecule has 3 atom stereocenters. The average Bonchev–Trinajstić information content (AvgIpc) is 2.28. The first-order valence-electron chi connectivity index (χ1n) is 5.62. The van der Waals surface area contributed by atoms with Crippen LogP contribution in [-0.4, -0.2) is 24.4 Å². The third-order valence-electron chi connectivity index (χ3n) is 2.85. The first kappa shape index (κ1) is 13.0. The Labute approximate surface area is 97.4 Å². The van der Waals surface area contributed by atoms with Gasteiger partial charge in [0, 0.05) is 12.1 Å². The van der Waals surface area contributed by atoms with E-state index in [-0.39, 0.29) is 18.2 Å². The monoisotopic (exact) mass is 223 g/mol. The number of hydrogen-bond acceptors (Lipinski definition) is 3. The number of nitrogens with one attached hydrogen (secondary N) is 1. The Morgan fingerprint density at radius 2 is 1.69 bits per heavy atom. The summed E-state index contributed by atoms with van der Waals surface area (Å²) >= 11 is 0. The van der Waals surface area contributed by atoms with Crippen molar-refractivity contribution < 1.29 is 9.84 Å². The van der Waals surface area contributed by atoms with Crippen molar-refractivity contribution in [1.82, 2.24) is 5.32 Å². The number of aliphatic hydroxyl groups excluding tert-OH is 1. The van der Waals surface area contributed by atoms with Crippen LogP contribution in [0.4, 0.5) is 0 Å². The molecule has 0 radical (unpaired) electrons. The van der Waals surface area contributed by atoms with E-state index in [1.54, 1.807) is 14.0 Å². The van der Waals surface area contributed by atoms with Crippen molar-refractivity contribution in [2.75, 3.05) is 7.11 Å². The van der Waals surface area contributed by atoms with E-state index in [0.717, 1.165) is 5.75 Å². The molecule has 16 heavy (non-hydrogen) atoms. The molecule has 0 heterocycles. The van der Waals surface area contributed by atoms with Crippen LogP contribution in [0.5, 0.6) is 5.75 Å². The van der Waals surface area contributed by atoms with E-state index >= 15 is 0 Å². The van der Waals surface area contributed by atoms with Gasteiger partial charge in [-0.2, -0.15) is 0 Å². The molecule has 1 rings (SSSR count). The highest BCUT2D eigenvalue weighted by Gasteiger charge is 2.12. The van der Waals surface area contributed by atoms with E-state index in [1.165, 1.54) is 5.56 Å². The predicted molar refractivity (Wildman–Crippen MR) is 65.7 cm³/mol. The molecule has 0 bridgehead atoms. The van der Waals surface area contributed by atoms with Crippen molar-refractivity contribution in [2.45, 2.75) is 39.0 Å². The van der Waals surface area contributed by atoms with Gasteiger partial charge >= 0.3 is 0 Å². The molecule has 3 heteroatoms. The lowest BCUT2D eigenvalue weighted by molar-refractivity contribution is 0.147. The fourth-order valence-corrected chi connectivity index (χ4v) is 1.52. The van der Waals surface area contributed by atoms with Gasteiger partial charge in [-0.05, 0) is 38.5 Å². The normalized spacial score (nSPS) is 16.6. The zero-order chi connectivity index (χ0) is 12.1. The first-order valence-corrected chi connectivity index (χ1v) is 5.62. The van der Waals surface area contributed by atoms with E-state index < -0.39 is 0 Å². The number of rotatable bonds is 5. The second kappa shape index (κ2) is 5.87. The Bertz CT molecular complexity index is 308. The number of methoxy groups -OCH3 is 1. The summed E-state index contributed by atoms with van der Waals surface area (Å²) in [6, 6.07) is 8.25. The minimum Gasteiger partial charge on any atom is -0.497 e. The summed E-state index contributed by atoms with van der Waals surface area (Å²) in [5.74, 6) is 0.861. The van der Waals surface area contributed by atoms with E-state index in [4.69, 9.17) is 4.74 Å². The molecule has 90 valence electrons. The molecule has 1 aromatic rings. The molecule has 2 N–H and O–H groups in total. The lowest BCUT2D eigenvalue weighted by Gasteiger charge is -2.22. The summed E-state index contributed by atoms with van der Waals surface area (Å²) in [4.78, 5) is 0. The largest absolute Gasteiger partial charge is 0.497 e. The summed E-state index contributed by atoms with van der Waals surface area (Å²) in [6.07, 6.45) is -0.347. The van der Waals surface area contributed by atoms with Gasteiger partial charge in [0.15, 0.2) is 0 Å². The molecule has 0 aromatic heterocycles. The highest BCUT2D eigenvalue weighted by Crippen LogP contribution is 2.17. The maximum absolute atomic E-state index is 9.42. The average molecular weight is 223 g/mol. The van der Waals surface area contributed by atoms with E-state index in [2.05, 4.69) is 12.2 Å². The maximum atomic E-state index is 9.42. The fourth-order valence-electron chi connectivity index (χ4n) is 1.52. The Hall–Kier alpha value is -1.06. The molecular weight excluding hydrogens is 202 g/mol. The van der Waals surface area contributed by atoms with Crippen LogP contribution in [0, 0.1) is 0 Å². The number of aliphatic hydroxyl groups is 1. The maximum Gasteiger partial charge on any atom is 0.118 e. The molecule has 0 aliphatic rings. The van der Waals surface area contributed by atoms with Gasteiger partial charge in [0.1, 0.15) is 5.75 Å². The number of ether oxygens (including phenoxy) is 1. The Kier molecular flexibility index (Phi) is 4.77. The van der Waals surface area contributed by atoms with Crippen molar-refractivity contribution in [1.29, 1.82) is 0 Å². The van der Waals surface area contributed by atoms with Crippen molar-refractivity contribution >= 4 is 0 Å². The molecule has 0 saturated carbocycles. The molecule has 0 saturated heterocycles. The Morgan fingerprint density at radius 1 is 1.12 bits per heavy atom. The quantitative estimate of drug-likeness (QED) is 0.803. The lowest BCUT2D eigenvalue weighted by atomic mass is 10.1. The van der Waals surface area contributed by atoms with E-state index in [9.17, 15) is 5.11 Å². The van der Waals surface area contributed by atoms with Crippen LogP contribution in [0.3, 0.4) is 0 Å². The van der Waals surface area contributed by atoms with Crippen LogP contribution in [0.1, 0.15) is 32.4 Å². The smallest absolute Gasteiger partial charge is 0.118 e. The summed E-state index contributed by atoms with van der Waals surface area (Å²) < 4.78 is 5.11. The Morgan fingerprint density at radius 3 is 2.12 bits per heavy atom. The summed E-state index contributed by atoms with van der Waals surface area (Å²) in [5, 5.41) is 12.8. The minimum atomic E-state index is -0.347. The molecule has 0 spiro atoms. The van der Waals surface area contributed by atoms with E-state index in [0.29, 0.717) is 0 Å². The zero-order valence-corrected chi connectivity index (χ0v) is 10.4. The molecule has 0 aliphatic carbocycles. The van der Waals surface area contributed by atoms with Gasteiger partial charge in [0.2, 0.25) is 0 Å². The SMILES string of the molecule is COc1ccc(C(C)NC(C)C(C)O)cc1. The van der Waals surface area contributed by atoms with Crippen LogP contribution < -0.4 is 10.1 Å². The molecule has 3 nitrogen and oxygen atoms in total. The summed E-state index contributed by atoms with van der Waals surface area (Å²) in [6.45, 7) is 5.85. The van der Waals surface area contributed by atoms with Crippen molar-refractivity contribution in [2.24, 2.45) is 0 Å². The predicted octanol–water partition coefficient (Wildman–Crippen LogP) is 2.12. The van der Waals surface area contributed by atoms with Crippen LogP contribution in [-0.2, 0) is 0 Å². The van der Waals surface area contributed by atoms with Gasteiger partial charge in [-0.1, -0.05) is 12.1 Å². The molecule has 0 aliphatic heterocycles. The molecule has 3 unspecified atom stereocenters. The third kappa shape index (κ3) is 3.51. The van der Waals surface area contributed by atoms with Crippen molar-refractivity contribution in [3.05, 3.63) is 29.8 Å². The standard InChI is InChI=1S/C13H21NO2/c1-9(11(3)15)14-10(2)12-5-7-13(16-4)8-6-12/h5-11,14-15H,1-4H3. The van der Waals surface area contributed by atoms with Gasteiger partial charge in [-0.25, -0.2) is 0 Å². The molecular formula is C13H21NO2.